The van der Waals surface area contributed by atoms with Crippen LogP contribution in [0.15, 0.2) is 24.3 Å². The predicted molar refractivity (Wildman–Crippen MR) is 41.1 cm³/mol. The van der Waals surface area contributed by atoms with E-state index >= 15 is 0 Å². The Hall–Kier alpha value is -1.51. The minimum atomic E-state index is 0.303. The Balaban J connectivity index is 3.43. The molecule has 0 heterocycles. The molecule has 1 aromatic rings. The van der Waals surface area contributed by atoms with Gasteiger partial charge in [0.25, 0.3) is 0 Å². The van der Waals surface area contributed by atoms with Crippen LogP contribution in [0.25, 0.3) is 0 Å². The van der Waals surface area contributed by atoms with Gasteiger partial charge < -0.3 is 11.5 Å². The molecule has 0 bridgehead atoms. The molecule has 0 amide bonds. The Morgan fingerprint density at radius 2 is 1.60 bits per heavy atom. The molecular weight excluding hydrogens is 126 g/mol. The SMILES string of the molecule is N=c1ccc(N)ccc1N. The molecule has 0 unspecified atom stereocenters. The molecule has 0 atom stereocenters. The van der Waals surface area contributed by atoms with E-state index in [0.717, 1.165) is 0 Å². The number of hydrogen-bond donors (Lipinski definition) is 3. The van der Waals surface area contributed by atoms with Gasteiger partial charge in [-0.15, -0.1) is 0 Å². The van der Waals surface area contributed by atoms with E-state index in [1.807, 2.05) is 0 Å². The van der Waals surface area contributed by atoms with E-state index in [2.05, 4.69) is 0 Å². The number of hydrogen-bond acceptors (Lipinski definition) is 3. The summed E-state index contributed by atoms with van der Waals surface area (Å²) in [4.78, 5) is 0. The van der Waals surface area contributed by atoms with E-state index in [4.69, 9.17) is 16.9 Å². The Bertz CT molecular complexity index is 293. The van der Waals surface area contributed by atoms with Gasteiger partial charge in [0.05, 0.1) is 11.0 Å². The fraction of sp³-hybridized carbons (Fsp3) is 0. The van der Waals surface area contributed by atoms with E-state index in [-0.39, 0.29) is 0 Å². The summed E-state index contributed by atoms with van der Waals surface area (Å²) in [5.74, 6) is 0. The number of nitrogen functional groups attached to an aromatic ring is 2. The monoisotopic (exact) mass is 135 g/mol. The van der Waals surface area contributed by atoms with Gasteiger partial charge in [0.15, 0.2) is 0 Å². The van der Waals surface area contributed by atoms with Gasteiger partial charge in [-0.1, -0.05) is 0 Å². The van der Waals surface area contributed by atoms with Crippen LogP contribution in [-0.4, -0.2) is 0 Å². The van der Waals surface area contributed by atoms with E-state index in [1.54, 1.807) is 24.3 Å². The first-order valence-corrected chi connectivity index (χ1v) is 2.90. The zero-order valence-corrected chi connectivity index (χ0v) is 5.46. The summed E-state index contributed by atoms with van der Waals surface area (Å²) in [7, 11) is 0. The van der Waals surface area contributed by atoms with Gasteiger partial charge >= 0.3 is 0 Å². The van der Waals surface area contributed by atoms with Crippen molar-refractivity contribution in [1.82, 2.24) is 0 Å². The third-order valence-corrected chi connectivity index (χ3v) is 1.21. The molecule has 0 fully saturated rings. The molecule has 0 aliphatic carbocycles. The highest BCUT2D eigenvalue weighted by atomic mass is 14.6. The number of anilines is 2. The van der Waals surface area contributed by atoms with Crippen LogP contribution < -0.4 is 16.8 Å². The summed E-state index contributed by atoms with van der Waals surface area (Å²) in [5.41, 5.74) is 11.9. The van der Waals surface area contributed by atoms with Crippen LogP contribution in [0.4, 0.5) is 11.4 Å². The first-order valence-electron chi connectivity index (χ1n) is 2.90. The maximum Gasteiger partial charge on any atom is 0.0769 e. The average molecular weight is 135 g/mol. The first kappa shape index (κ1) is 6.61. The van der Waals surface area contributed by atoms with Crippen LogP contribution in [0, 0.1) is 5.41 Å². The Morgan fingerprint density at radius 1 is 1.00 bits per heavy atom. The van der Waals surface area contributed by atoms with Crippen LogP contribution >= 0.6 is 0 Å². The number of nitrogens with two attached hydrogens (primary N) is 2. The van der Waals surface area contributed by atoms with Crippen molar-refractivity contribution in [3.8, 4) is 0 Å². The summed E-state index contributed by atoms with van der Waals surface area (Å²) >= 11 is 0. The predicted octanol–water partition coefficient (Wildman–Crippen LogP) is 0.330. The lowest BCUT2D eigenvalue weighted by atomic mass is 10.4. The fourth-order valence-electron chi connectivity index (χ4n) is 0.607. The normalized spacial score (nSPS) is 9.20. The minimum absolute atomic E-state index is 0.303. The second kappa shape index (κ2) is 2.39. The van der Waals surface area contributed by atoms with E-state index in [9.17, 15) is 0 Å². The molecule has 1 rings (SSSR count). The zero-order valence-electron chi connectivity index (χ0n) is 5.46. The van der Waals surface area contributed by atoms with Gasteiger partial charge in [0, 0.05) is 5.69 Å². The Kier molecular flexibility index (Phi) is 1.58. The lowest BCUT2D eigenvalue weighted by molar-refractivity contribution is 1.29. The highest BCUT2D eigenvalue weighted by Crippen LogP contribution is 1.97. The van der Waals surface area contributed by atoms with Crippen molar-refractivity contribution in [2.45, 2.75) is 0 Å². The molecule has 52 valence electrons. The molecule has 10 heavy (non-hydrogen) atoms. The van der Waals surface area contributed by atoms with Crippen LogP contribution in [0.1, 0.15) is 0 Å². The molecular formula is C7H9N3. The van der Waals surface area contributed by atoms with Crippen molar-refractivity contribution < 1.29 is 0 Å². The van der Waals surface area contributed by atoms with Crippen LogP contribution in [-0.2, 0) is 0 Å². The van der Waals surface area contributed by atoms with Crippen molar-refractivity contribution >= 4 is 11.4 Å². The number of nitrogens with one attached hydrogen (secondary N) is 1. The highest BCUT2D eigenvalue weighted by molar-refractivity contribution is 5.44. The van der Waals surface area contributed by atoms with Gasteiger partial charge in [-0.3, -0.25) is 5.41 Å². The van der Waals surface area contributed by atoms with Crippen LogP contribution in [0.2, 0.25) is 0 Å². The van der Waals surface area contributed by atoms with Crippen molar-refractivity contribution in [1.29, 1.82) is 5.41 Å². The third-order valence-electron chi connectivity index (χ3n) is 1.21. The van der Waals surface area contributed by atoms with Gasteiger partial charge in [0.2, 0.25) is 0 Å². The lowest BCUT2D eigenvalue weighted by Crippen LogP contribution is -2.02. The molecule has 0 aliphatic heterocycles. The lowest BCUT2D eigenvalue weighted by Gasteiger charge is -1.80. The van der Waals surface area contributed by atoms with E-state index < -0.39 is 0 Å². The summed E-state index contributed by atoms with van der Waals surface area (Å²) in [5, 5.41) is 7.56. The van der Waals surface area contributed by atoms with E-state index in [0.29, 0.717) is 16.7 Å². The smallest absolute Gasteiger partial charge is 0.0769 e. The molecule has 0 aliphatic rings. The van der Waals surface area contributed by atoms with E-state index in [1.165, 1.54) is 0 Å². The zero-order chi connectivity index (χ0) is 7.56. The molecule has 0 radical (unpaired) electrons. The maximum absolute atomic E-state index is 7.26. The van der Waals surface area contributed by atoms with Gasteiger partial charge in [-0.25, -0.2) is 0 Å². The van der Waals surface area contributed by atoms with Crippen molar-refractivity contribution in [2.75, 3.05) is 11.5 Å². The molecule has 0 saturated heterocycles. The summed E-state index contributed by atoms with van der Waals surface area (Å²) in [6.07, 6.45) is 0. The van der Waals surface area contributed by atoms with Crippen molar-refractivity contribution in [3.63, 3.8) is 0 Å². The Labute approximate surface area is 58.8 Å². The highest BCUT2D eigenvalue weighted by Gasteiger charge is 1.84. The average Bonchev–Trinajstić information content (AvgIpc) is 2.04. The van der Waals surface area contributed by atoms with Crippen LogP contribution in [0.5, 0.6) is 0 Å². The van der Waals surface area contributed by atoms with Gasteiger partial charge in [0.1, 0.15) is 0 Å². The van der Waals surface area contributed by atoms with Gasteiger partial charge in [-0.05, 0) is 24.3 Å². The summed E-state index contributed by atoms with van der Waals surface area (Å²) in [6.45, 7) is 0. The maximum atomic E-state index is 7.26. The van der Waals surface area contributed by atoms with Gasteiger partial charge in [-0.2, -0.15) is 0 Å². The standard InChI is InChI=1S/C7H9N3/c8-5-1-3-6(9)7(10)4-2-5/h1-4H,8H2,(H3,9,10). The second-order valence-corrected chi connectivity index (χ2v) is 2.04. The molecule has 3 nitrogen and oxygen atoms in total. The minimum Gasteiger partial charge on any atom is -0.399 e. The molecule has 0 saturated carbocycles. The fourth-order valence-corrected chi connectivity index (χ4v) is 0.607. The van der Waals surface area contributed by atoms with Crippen LogP contribution in [0.3, 0.4) is 0 Å². The molecule has 0 aromatic heterocycles. The molecule has 1 aromatic carbocycles. The summed E-state index contributed by atoms with van der Waals surface area (Å²) in [6, 6.07) is 6.52. The first-order chi connectivity index (χ1) is 4.70. The third kappa shape index (κ3) is 1.25. The topological polar surface area (TPSA) is 75.9 Å². The molecule has 5 N–H and O–H groups in total. The molecule has 0 spiro atoms. The number of rotatable bonds is 0. The second-order valence-electron chi connectivity index (χ2n) is 2.04. The summed E-state index contributed by atoms with van der Waals surface area (Å²) < 4.78 is 0. The Morgan fingerprint density at radius 3 is 2.30 bits per heavy atom. The van der Waals surface area contributed by atoms with Crippen molar-refractivity contribution in [2.24, 2.45) is 0 Å². The molecule has 3 heteroatoms. The largest absolute Gasteiger partial charge is 0.399 e. The quantitative estimate of drug-likeness (QED) is 0.479. The van der Waals surface area contributed by atoms with Crippen molar-refractivity contribution in [3.05, 3.63) is 29.6 Å².